The number of nitrogens with zero attached hydrogens (tertiary/aromatic N) is 4. The third-order valence-corrected chi connectivity index (χ3v) is 4.55. The molecule has 0 aliphatic carbocycles. The molecule has 0 unspecified atom stereocenters. The number of aromatic nitrogens is 4. The second kappa shape index (κ2) is 8.60. The number of nitrogens with one attached hydrogen (secondary N) is 1. The van der Waals surface area contributed by atoms with Crippen LogP contribution in [0.5, 0.6) is 0 Å². The van der Waals surface area contributed by atoms with Gasteiger partial charge in [-0.3, -0.25) is 4.79 Å². The van der Waals surface area contributed by atoms with Crippen molar-refractivity contribution >= 4 is 5.91 Å². The second-order valence-corrected chi connectivity index (χ2v) is 6.62. The average molecular weight is 405 g/mol. The average Bonchev–Trinajstić information content (AvgIpc) is 3.24. The maximum atomic E-state index is 13.5. The quantitative estimate of drug-likeness (QED) is 0.533. The van der Waals surface area contributed by atoms with E-state index in [1.54, 1.807) is 0 Å². The molecule has 0 radical (unpaired) electrons. The summed E-state index contributed by atoms with van der Waals surface area (Å²) in [6.45, 7) is 0.0485. The number of benzene rings is 3. The number of rotatable bonds is 6. The van der Waals surface area contributed by atoms with Crippen molar-refractivity contribution in [2.45, 2.75) is 13.0 Å². The minimum absolute atomic E-state index is 0.0485. The fourth-order valence-electron chi connectivity index (χ4n) is 3.00. The van der Waals surface area contributed by atoms with Gasteiger partial charge in [-0.15, -0.1) is 5.10 Å². The van der Waals surface area contributed by atoms with Crippen LogP contribution in [0.1, 0.15) is 11.4 Å². The van der Waals surface area contributed by atoms with E-state index in [0.29, 0.717) is 5.82 Å². The van der Waals surface area contributed by atoms with Gasteiger partial charge in [-0.1, -0.05) is 54.6 Å². The second-order valence-electron chi connectivity index (χ2n) is 6.62. The van der Waals surface area contributed by atoms with E-state index in [1.807, 2.05) is 54.6 Å². The molecular formula is C22H17F2N5O. The lowest BCUT2D eigenvalue weighted by molar-refractivity contribution is -0.120. The van der Waals surface area contributed by atoms with Crippen molar-refractivity contribution in [3.63, 3.8) is 0 Å². The van der Waals surface area contributed by atoms with E-state index in [1.165, 1.54) is 10.7 Å². The highest BCUT2D eigenvalue weighted by molar-refractivity contribution is 5.78. The standard InChI is InChI=1S/C22H17F2N5O/c23-19-11-10-18(13-20(19)24)29-21(26-27-28-29)14-25-22(30)12-15-6-8-17(9-7-15)16-4-2-1-3-5-16/h1-11,13H,12,14H2,(H,25,30). The largest absolute Gasteiger partial charge is 0.348 e. The number of carbonyl (C=O) groups excluding carboxylic acids is 1. The Hall–Kier alpha value is -3.94. The van der Waals surface area contributed by atoms with Crippen LogP contribution in [0.3, 0.4) is 0 Å². The van der Waals surface area contributed by atoms with Gasteiger partial charge in [-0.25, -0.2) is 8.78 Å². The van der Waals surface area contributed by atoms with Crippen LogP contribution in [0, 0.1) is 11.6 Å². The van der Waals surface area contributed by atoms with Gasteiger partial charge >= 0.3 is 0 Å². The lowest BCUT2D eigenvalue weighted by Gasteiger charge is -2.08. The normalized spacial score (nSPS) is 10.7. The predicted molar refractivity (Wildman–Crippen MR) is 106 cm³/mol. The monoisotopic (exact) mass is 405 g/mol. The highest BCUT2D eigenvalue weighted by Crippen LogP contribution is 2.19. The van der Waals surface area contributed by atoms with Gasteiger partial charge in [0, 0.05) is 6.07 Å². The van der Waals surface area contributed by atoms with Crippen LogP contribution in [-0.2, 0) is 17.8 Å². The molecule has 1 aromatic heterocycles. The van der Waals surface area contributed by atoms with Gasteiger partial charge in [0.25, 0.3) is 0 Å². The van der Waals surface area contributed by atoms with Gasteiger partial charge in [-0.2, -0.15) is 4.68 Å². The minimum Gasteiger partial charge on any atom is -0.348 e. The number of carbonyl (C=O) groups is 1. The SMILES string of the molecule is O=C(Cc1ccc(-c2ccccc2)cc1)NCc1nnnn1-c1ccc(F)c(F)c1. The molecule has 0 saturated carbocycles. The lowest BCUT2D eigenvalue weighted by atomic mass is 10.0. The lowest BCUT2D eigenvalue weighted by Crippen LogP contribution is -2.26. The van der Waals surface area contributed by atoms with E-state index in [-0.39, 0.29) is 24.6 Å². The van der Waals surface area contributed by atoms with Crippen molar-refractivity contribution in [1.29, 1.82) is 0 Å². The first-order valence-corrected chi connectivity index (χ1v) is 9.24. The number of tetrazole rings is 1. The summed E-state index contributed by atoms with van der Waals surface area (Å²) in [7, 11) is 0. The van der Waals surface area contributed by atoms with Crippen LogP contribution in [0.4, 0.5) is 8.78 Å². The third-order valence-electron chi connectivity index (χ3n) is 4.55. The van der Waals surface area contributed by atoms with Crippen molar-refractivity contribution in [2.24, 2.45) is 0 Å². The molecule has 4 rings (SSSR count). The summed E-state index contributed by atoms with van der Waals surface area (Å²) in [5, 5.41) is 13.9. The summed E-state index contributed by atoms with van der Waals surface area (Å²) >= 11 is 0. The van der Waals surface area contributed by atoms with Gasteiger partial charge in [0.2, 0.25) is 5.91 Å². The van der Waals surface area contributed by atoms with Gasteiger partial charge in [0.1, 0.15) is 0 Å². The summed E-state index contributed by atoms with van der Waals surface area (Å²) in [4.78, 5) is 12.3. The Balaban J connectivity index is 1.38. The van der Waals surface area contributed by atoms with E-state index in [0.717, 1.165) is 28.8 Å². The molecular weight excluding hydrogens is 388 g/mol. The Labute approximate surface area is 171 Å². The molecule has 0 aliphatic rings. The molecule has 150 valence electrons. The molecule has 6 nitrogen and oxygen atoms in total. The van der Waals surface area contributed by atoms with Gasteiger partial charge in [-0.05, 0) is 39.2 Å². The topological polar surface area (TPSA) is 72.7 Å². The summed E-state index contributed by atoms with van der Waals surface area (Å²) in [6, 6.07) is 21.1. The highest BCUT2D eigenvalue weighted by Gasteiger charge is 2.12. The van der Waals surface area contributed by atoms with Crippen molar-refractivity contribution in [1.82, 2.24) is 25.5 Å². The van der Waals surface area contributed by atoms with E-state index in [2.05, 4.69) is 20.8 Å². The van der Waals surface area contributed by atoms with Crippen molar-refractivity contribution in [3.8, 4) is 16.8 Å². The zero-order chi connectivity index (χ0) is 20.9. The number of hydrogen-bond donors (Lipinski definition) is 1. The number of halogens is 2. The van der Waals surface area contributed by atoms with Gasteiger partial charge in [0.05, 0.1) is 18.7 Å². The summed E-state index contributed by atoms with van der Waals surface area (Å²) in [5.41, 5.74) is 3.31. The summed E-state index contributed by atoms with van der Waals surface area (Å²) in [5.74, 6) is -1.87. The van der Waals surface area contributed by atoms with Gasteiger partial charge in [0.15, 0.2) is 17.5 Å². The molecule has 1 amide bonds. The molecule has 8 heteroatoms. The molecule has 0 bridgehead atoms. The molecule has 0 fully saturated rings. The Kier molecular flexibility index (Phi) is 5.56. The van der Waals surface area contributed by atoms with Crippen LogP contribution in [0.2, 0.25) is 0 Å². The zero-order valence-corrected chi connectivity index (χ0v) is 15.8. The maximum Gasteiger partial charge on any atom is 0.224 e. The van der Waals surface area contributed by atoms with E-state index in [4.69, 9.17) is 0 Å². The Morgan fingerprint density at radius 1 is 0.900 bits per heavy atom. The fourth-order valence-corrected chi connectivity index (χ4v) is 3.00. The predicted octanol–water partition coefficient (Wildman–Crippen LogP) is 3.47. The summed E-state index contributed by atoms with van der Waals surface area (Å²) < 4.78 is 27.8. The van der Waals surface area contributed by atoms with Gasteiger partial charge < -0.3 is 5.32 Å². The van der Waals surface area contributed by atoms with Crippen LogP contribution < -0.4 is 5.32 Å². The molecule has 1 heterocycles. The zero-order valence-electron chi connectivity index (χ0n) is 15.8. The van der Waals surface area contributed by atoms with Crippen molar-refractivity contribution in [3.05, 3.63) is 95.8 Å². The molecule has 30 heavy (non-hydrogen) atoms. The first-order chi connectivity index (χ1) is 14.6. The molecule has 1 N–H and O–H groups in total. The van der Waals surface area contributed by atoms with Crippen molar-refractivity contribution < 1.29 is 13.6 Å². The first kappa shape index (κ1) is 19.4. The molecule has 0 atom stereocenters. The number of amides is 1. The minimum atomic E-state index is -1.00. The molecule has 3 aromatic carbocycles. The van der Waals surface area contributed by atoms with E-state index < -0.39 is 11.6 Å². The van der Waals surface area contributed by atoms with Crippen LogP contribution in [0.25, 0.3) is 16.8 Å². The fraction of sp³-hybridized carbons (Fsp3) is 0.0909. The third kappa shape index (κ3) is 4.38. The Bertz CT molecular complexity index is 1160. The molecule has 4 aromatic rings. The van der Waals surface area contributed by atoms with Crippen LogP contribution in [-0.4, -0.2) is 26.1 Å². The molecule has 0 aliphatic heterocycles. The van der Waals surface area contributed by atoms with E-state index >= 15 is 0 Å². The Morgan fingerprint density at radius 2 is 1.63 bits per heavy atom. The van der Waals surface area contributed by atoms with Crippen LogP contribution >= 0.6 is 0 Å². The Morgan fingerprint density at radius 3 is 2.37 bits per heavy atom. The first-order valence-electron chi connectivity index (χ1n) is 9.24. The summed E-state index contributed by atoms with van der Waals surface area (Å²) in [6.07, 6.45) is 0.196. The smallest absolute Gasteiger partial charge is 0.224 e. The maximum absolute atomic E-state index is 13.5. The highest BCUT2D eigenvalue weighted by atomic mass is 19.2. The molecule has 0 saturated heterocycles. The van der Waals surface area contributed by atoms with Crippen LogP contribution in [0.15, 0.2) is 72.8 Å². The number of hydrogen-bond acceptors (Lipinski definition) is 4. The molecule has 0 spiro atoms. The van der Waals surface area contributed by atoms with E-state index in [9.17, 15) is 13.6 Å². The van der Waals surface area contributed by atoms with Crippen molar-refractivity contribution in [2.75, 3.05) is 0 Å².